The number of benzene rings is 1. The highest BCUT2D eigenvalue weighted by Crippen LogP contribution is 2.37. The van der Waals surface area contributed by atoms with Crippen LogP contribution in [0.4, 0.5) is 0 Å². The maximum absolute atomic E-state index is 13.4. The van der Waals surface area contributed by atoms with E-state index in [0.717, 1.165) is 21.8 Å². The molecule has 0 aliphatic carbocycles. The molecule has 0 saturated heterocycles. The van der Waals surface area contributed by atoms with Crippen LogP contribution in [0.2, 0.25) is 0 Å². The number of hydrogen-bond donors (Lipinski definition) is 0. The molecule has 0 aliphatic rings. The number of nitrogens with zero attached hydrogens (tertiary/aromatic N) is 2. The number of fused-ring (bicyclic) bond motifs is 1. The highest BCUT2D eigenvalue weighted by atomic mass is 32.1. The Morgan fingerprint density at radius 1 is 1.29 bits per heavy atom. The Balaban J connectivity index is 2.23. The van der Waals surface area contributed by atoms with Crippen LogP contribution in [0.5, 0.6) is 5.75 Å². The third kappa shape index (κ3) is 4.00. The fraction of sp³-hybridized carbons (Fsp3) is 0.381. The zero-order valence-electron chi connectivity index (χ0n) is 16.6. The van der Waals surface area contributed by atoms with Gasteiger partial charge < -0.3 is 9.47 Å². The number of carbonyl (C=O) groups is 1. The zero-order chi connectivity index (χ0) is 20.3. The molecule has 1 aromatic carbocycles. The molecule has 0 radical (unpaired) electrons. The second kappa shape index (κ2) is 8.67. The summed E-state index contributed by atoms with van der Waals surface area (Å²) in [4.78, 5) is 31.4. The molecule has 28 heavy (non-hydrogen) atoms. The molecule has 0 spiro atoms. The molecule has 2 heterocycles. The minimum atomic E-state index is -0.112. The molecule has 0 atom stereocenters. The Hall–Kier alpha value is -2.51. The van der Waals surface area contributed by atoms with Gasteiger partial charge in [-0.1, -0.05) is 12.1 Å². The molecule has 0 unspecified atom stereocenters. The Morgan fingerprint density at radius 2 is 2.07 bits per heavy atom. The van der Waals surface area contributed by atoms with Crippen molar-refractivity contribution in [3.05, 3.63) is 45.3 Å². The fourth-order valence-corrected chi connectivity index (χ4v) is 4.30. The quantitative estimate of drug-likeness (QED) is 0.578. The van der Waals surface area contributed by atoms with E-state index in [-0.39, 0.29) is 11.3 Å². The summed E-state index contributed by atoms with van der Waals surface area (Å²) < 4.78 is 12.1. The molecule has 148 valence electrons. The fourth-order valence-electron chi connectivity index (χ4n) is 3.25. The van der Waals surface area contributed by atoms with E-state index in [1.165, 1.54) is 18.3 Å². The summed E-state index contributed by atoms with van der Waals surface area (Å²) in [7, 11) is 3.24. The predicted octanol–water partition coefficient (Wildman–Crippen LogP) is 3.61. The lowest BCUT2D eigenvalue weighted by Gasteiger charge is -2.12. The van der Waals surface area contributed by atoms with E-state index in [1.807, 2.05) is 31.2 Å². The van der Waals surface area contributed by atoms with Gasteiger partial charge in [-0.15, -0.1) is 11.3 Å². The molecule has 3 rings (SSSR count). The largest absolute Gasteiger partial charge is 0.497 e. The highest BCUT2D eigenvalue weighted by molar-refractivity contribution is 7.19. The van der Waals surface area contributed by atoms with Crippen molar-refractivity contribution >= 4 is 27.3 Å². The number of carbonyl (C=O) groups excluding carboxylic acids is 1. The van der Waals surface area contributed by atoms with Gasteiger partial charge in [-0.05, 0) is 31.5 Å². The first-order valence-corrected chi connectivity index (χ1v) is 9.93. The van der Waals surface area contributed by atoms with Gasteiger partial charge >= 0.3 is 0 Å². The number of thiophene rings is 1. The highest BCUT2D eigenvalue weighted by Gasteiger charge is 2.20. The van der Waals surface area contributed by atoms with Gasteiger partial charge in [-0.3, -0.25) is 14.2 Å². The summed E-state index contributed by atoms with van der Waals surface area (Å²) in [6, 6.07) is 7.67. The first kappa shape index (κ1) is 20.2. The van der Waals surface area contributed by atoms with Crippen molar-refractivity contribution < 1.29 is 14.3 Å². The Kier molecular flexibility index (Phi) is 6.26. The van der Waals surface area contributed by atoms with E-state index in [4.69, 9.17) is 14.5 Å². The number of ketones is 1. The van der Waals surface area contributed by atoms with Crippen LogP contribution >= 0.6 is 11.3 Å². The summed E-state index contributed by atoms with van der Waals surface area (Å²) in [5, 5.41) is 0.598. The van der Waals surface area contributed by atoms with Crippen LogP contribution in [0.25, 0.3) is 21.3 Å². The second-order valence-electron chi connectivity index (χ2n) is 6.62. The van der Waals surface area contributed by atoms with Crippen LogP contribution in [-0.4, -0.2) is 36.2 Å². The van der Waals surface area contributed by atoms with Crippen LogP contribution in [0.15, 0.2) is 29.1 Å². The molecular weight excluding hydrogens is 376 g/mol. The molecule has 0 fully saturated rings. The third-order valence-corrected chi connectivity index (χ3v) is 5.64. The lowest BCUT2D eigenvalue weighted by atomic mass is 10.0. The van der Waals surface area contributed by atoms with Crippen LogP contribution in [0.1, 0.15) is 24.0 Å². The first-order valence-electron chi connectivity index (χ1n) is 9.11. The Bertz CT molecular complexity index is 1070. The van der Waals surface area contributed by atoms with Gasteiger partial charge in [0.05, 0.1) is 19.1 Å². The van der Waals surface area contributed by atoms with Gasteiger partial charge in [0.2, 0.25) is 0 Å². The van der Waals surface area contributed by atoms with E-state index >= 15 is 0 Å². The third-order valence-electron chi connectivity index (χ3n) is 4.64. The van der Waals surface area contributed by atoms with Crippen molar-refractivity contribution in [3.63, 3.8) is 0 Å². The maximum atomic E-state index is 13.4. The summed E-state index contributed by atoms with van der Waals surface area (Å²) in [5.41, 5.74) is 1.69. The smallest absolute Gasteiger partial charge is 0.262 e. The molecule has 0 amide bonds. The van der Waals surface area contributed by atoms with Crippen LogP contribution < -0.4 is 10.3 Å². The van der Waals surface area contributed by atoms with E-state index in [2.05, 4.69) is 0 Å². The first-order chi connectivity index (χ1) is 13.5. The number of ether oxygens (including phenoxy) is 2. The van der Waals surface area contributed by atoms with E-state index in [0.29, 0.717) is 42.0 Å². The second-order valence-corrected chi connectivity index (χ2v) is 7.83. The number of aromatic nitrogens is 2. The monoisotopic (exact) mass is 400 g/mol. The van der Waals surface area contributed by atoms with Crippen molar-refractivity contribution in [2.75, 3.05) is 20.8 Å². The molecule has 3 aromatic rings. The van der Waals surface area contributed by atoms with E-state index in [1.54, 1.807) is 18.8 Å². The molecule has 2 aromatic heterocycles. The van der Waals surface area contributed by atoms with Crippen molar-refractivity contribution in [3.8, 4) is 16.9 Å². The number of Topliss-reactive ketones (excluding diaryl/α,β-unsaturated/α-hetero) is 1. The minimum Gasteiger partial charge on any atom is -0.497 e. The topological polar surface area (TPSA) is 70.4 Å². The summed E-state index contributed by atoms with van der Waals surface area (Å²) in [6.07, 6.45) is 0.815. The van der Waals surface area contributed by atoms with Crippen LogP contribution in [0.3, 0.4) is 0 Å². The van der Waals surface area contributed by atoms with Gasteiger partial charge in [0.15, 0.2) is 0 Å². The average Bonchev–Trinajstić information content (AvgIpc) is 3.01. The average molecular weight is 401 g/mol. The molecule has 6 nitrogen and oxygen atoms in total. The van der Waals surface area contributed by atoms with Gasteiger partial charge in [0.25, 0.3) is 5.56 Å². The molecule has 0 N–H and O–H groups in total. The number of methoxy groups -OCH3 is 2. The Labute approximate surface area is 167 Å². The summed E-state index contributed by atoms with van der Waals surface area (Å²) in [6.45, 7) is 4.31. The number of aryl methyl sites for hydroxylation is 1. The van der Waals surface area contributed by atoms with Crippen LogP contribution in [-0.2, 0) is 22.5 Å². The lowest BCUT2D eigenvalue weighted by Crippen LogP contribution is -2.27. The predicted molar refractivity (Wildman–Crippen MR) is 111 cm³/mol. The van der Waals surface area contributed by atoms with Crippen LogP contribution in [0, 0.1) is 6.92 Å². The van der Waals surface area contributed by atoms with Gasteiger partial charge in [0.1, 0.15) is 22.2 Å². The molecule has 0 bridgehead atoms. The van der Waals surface area contributed by atoms with Gasteiger partial charge in [0, 0.05) is 36.9 Å². The van der Waals surface area contributed by atoms with Crippen molar-refractivity contribution in [1.29, 1.82) is 0 Å². The normalized spacial score (nSPS) is 11.1. The van der Waals surface area contributed by atoms with E-state index in [9.17, 15) is 9.59 Å². The molecular formula is C21H24N2O4S. The van der Waals surface area contributed by atoms with E-state index < -0.39 is 0 Å². The standard InChI is InChI=1S/C21H24N2O4S/c1-13(24)8-10-23-17(9-11-26-3)22-20-19(21(23)25)18(14(2)28-20)15-6-5-7-16(12-15)27-4/h5-7,12H,8-11H2,1-4H3. The van der Waals surface area contributed by atoms with Crippen molar-refractivity contribution in [2.45, 2.75) is 33.2 Å². The Morgan fingerprint density at radius 3 is 2.75 bits per heavy atom. The molecule has 0 aliphatic heterocycles. The molecule has 7 heteroatoms. The van der Waals surface area contributed by atoms with Crippen molar-refractivity contribution in [1.82, 2.24) is 9.55 Å². The van der Waals surface area contributed by atoms with Crippen molar-refractivity contribution in [2.24, 2.45) is 0 Å². The van der Waals surface area contributed by atoms with Gasteiger partial charge in [-0.2, -0.15) is 0 Å². The van der Waals surface area contributed by atoms with Gasteiger partial charge in [-0.25, -0.2) is 4.98 Å². The summed E-state index contributed by atoms with van der Waals surface area (Å²) in [5.74, 6) is 1.43. The SMILES string of the molecule is COCCc1nc2sc(C)c(-c3cccc(OC)c3)c2c(=O)n1CCC(C)=O. The lowest BCUT2D eigenvalue weighted by molar-refractivity contribution is -0.117. The molecule has 0 saturated carbocycles. The minimum absolute atomic E-state index is 0.0409. The zero-order valence-corrected chi connectivity index (χ0v) is 17.4. The number of hydrogen-bond acceptors (Lipinski definition) is 6. The number of rotatable bonds is 8. The maximum Gasteiger partial charge on any atom is 0.262 e. The summed E-state index contributed by atoms with van der Waals surface area (Å²) >= 11 is 1.51.